The number of hydrogen-bond donors (Lipinski definition) is 2. The molecule has 2 aromatic carbocycles. The maximum Gasteiger partial charge on any atom is 0.338 e. The number of amides is 1. The number of carbonyl (C=O) groups excluding carboxylic acids is 2. The fraction of sp³-hybridized carbons (Fsp3) is 0.222. The molecule has 0 aliphatic carbocycles. The van der Waals surface area contributed by atoms with Crippen molar-refractivity contribution in [1.29, 1.82) is 0 Å². The molecule has 0 saturated heterocycles. The van der Waals surface area contributed by atoms with E-state index in [0.717, 1.165) is 6.07 Å². The second kappa shape index (κ2) is 9.12. The second-order valence-electron chi connectivity index (χ2n) is 5.83. The van der Waals surface area contributed by atoms with Crippen LogP contribution in [0.15, 0.2) is 41.3 Å². The number of esters is 1. The van der Waals surface area contributed by atoms with E-state index < -0.39 is 32.9 Å². The molecule has 29 heavy (non-hydrogen) atoms. The van der Waals surface area contributed by atoms with Crippen LogP contribution < -0.4 is 19.9 Å². The molecule has 0 bridgehead atoms. The minimum Gasteiger partial charge on any atom is -0.497 e. The monoisotopic (exact) mass is 442 g/mol. The van der Waals surface area contributed by atoms with E-state index in [0.29, 0.717) is 17.2 Å². The zero-order valence-corrected chi connectivity index (χ0v) is 17.3. The molecule has 0 saturated carbocycles. The van der Waals surface area contributed by atoms with Gasteiger partial charge >= 0.3 is 5.97 Å². The van der Waals surface area contributed by atoms with Crippen molar-refractivity contribution in [2.24, 2.45) is 5.14 Å². The van der Waals surface area contributed by atoms with Crippen molar-refractivity contribution in [3.8, 4) is 11.5 Å². The molecular formula is C18H19ClN2O7S. The number of anilines is 1. The van der Waals surface area contributed by atoms with Gasteiger partial charge in [-0.1, -0.05) is 11.6 Å². The van der Waals surface area contributed by atoms with Crippen molar-refractivity contribution < 1.29 is 32.2 Å². The van der Waals surface area contributed by atoms with Crippen LogP contribution in [0.2, 0.25) is 5.02 Å². The summed E-state index contributed by atoms with van der Waals surface area (Å²) < 4.78 is 38.4. The van der Waals surface area contributed by atoms with Gasteiger partial charge in [0.15, 0.2) is 6.10 Å². The first-order valence-corrected chi connectivity index (χ1v) is 10.0. The average Bonchev–Trinajstić information content (AvgIpc) is 2.66. The third-order valence-corrected chi connectivity index (χ3v) is 5.14. The lowest BCUT2D eigenvalue weighted by molar-refractivity contribution is -0.123. The average molecular weight is 443 g/mol. The van der Waals surface area contributed by atoms with Crippen molar-refractivity contribution in [2.45, 2.75) is 17.9 Å². The smallest absolute Gasteiger partial charge is 0.338 e. The van der Waals surface area contributed by atoms with Gasteiger partial charge in [-0.25, -0.2) is 18.4 Å². The summed E-state index contributed by atoms with van der Waals surface area (Å²) >= 11 is 5.79. The molecule has 11 heteroatoms. The Bertz CT molecular complexity index is 1020. The van der Waals surface area contributed by atoms with Gasteiger partial charge in [0.05, 0.1) is 24.8 Å². The summed E-state index contributed by atoms with van der Waals surface area (Å²) in [5.74, 6) is -0.617. The highest BCUT2D eigenvalue weighted by Crippen LogP contribution is 2.26. The van der Waals surface area contributed by atoms with Gasteiger partial charge in [0, 0.05) is 23.9 Å². The van der Waals surface area contributed by atoms with Crippen molar-refractivity contribution in [3.63, 3.8) is 0 Å². The molecule has 0 fully saturated rings. The fourth-order valence-electron chi connectivity index (χ4n) is 2.25. The third-order valence-electron chi connectivity index (χ3n) is 3.75. The molecule has 2 rings (SSSR count). The molecule has 0 radical (unpaired) electrons. The summed E-state index contributed by atoms with van der Waals surface area (Å²) in [5.41, 5.74) is 0.248. The number of halogens is 1. The Labute approximate surface area is 172 Å². The molecule has 0 aliphatic heterocycles. The second-order valence-corrected chi connectivity index (χ2v) is 7.77. The number of hydrogen-bond acceptors (Lipinski definition) is 7. The van der Waals surface area contributed by atoms with E-state index in [9.17, 15) is 18.0 Å². The maximum atomic E-state index is 12.4. The molecule has 9 nitrogen and oxygen atoms in total. The molecule has 156 valence electrons. The topological polar surface area (TPSA) is 134 Å². The highest BCUT2D eigenvalue weighted by atomic mass is 35.5. The Balaban J connectivity index is 2.13. The van der Waals surface area contributed by atoms with E-state index in [4.69, 9.17) is 31.0 Å². The molecule has 1 unspecified atom stereocenters. The van der Waals surface area contributed by atoms with Crippen LogP contribution in [0.4, 0.5) is 5.69 Å². The Kier molecular flexibility index (Phi) is 7.07. The molecule has 3 N–H and O–H groups in total. The van der Waals surface area contributed by atoms with Gasteiger partial charge in [-0.15, -0.1) is 0 Å². The Hall–Kier alpha value is -2.82. The Morgan fingerprint density at radius 3 is 2.17 bits per heavy atom. The number of carbonyl (C=O) groups is 2. The zero-order chi connectivity index (χ0) is 21.8. The first-order chi connectivity index (χ1) is 13.5. The van der Waals surface area contributed by atoms with Gasteiger partial charge < -0.3 is 19.5 Å². The highest BCUT2D eigenvalue weighted by Gasteiger charge is 2.22. The summed E-state index contributed by atoms with van der Waals surface area (Å²) in [7, 11) is -1.20. The van der Waals surface area contributed by atoms with Crippen LogP contribution in [-0.4, -0.2) is 40.6 Å². The minimum absolute atomic E-state index is 0.124. The van der Waals surface area contributed by atoms with Crippen LogP contribution in [0, 0.1) is 0 Å². The van der Waals surface area contributed by atoms with Crippen LogP contribution in [0.25, 0.3) is 0 Å². The number of ether oxygens (including phenoxy) is 3. The largest absolute Gasteiger partial charge is 0.497 e. The van der Waals surface area contributed by atoms with Crippen LogP contribution in [0.1, 0.15) is 17.3 Å². The van der Waals surface area contributed by atoms with Crippen LogP contribution >= 0.6 is 11.6 Å². The van der Waals surface area contributed by atoms with Gasteiger partial charge in [0.25, 0.3) is 5.91 Å². The third kappa shape index (κ3) is 5.83. The molecule has 0 spiro atoms. The van der Waals surface area contributed by atoms with Crippen molar-refractivity contribution in [2.75, 3.05) is 19.5 Å². The lowest BCUT2D eigenvalue weighted by Crippen LogP contribution is -2.30. The van der Waals surface area contributed by atoms with E-state index in [1.807, 2.05) is 0 Å². The van der Waals surface area contributed by atoms with Crippen LogP contribution in [-0.2, 0) is 19.6 Å². The van der Waals surface area contributed by atoms with Gasteiger partial charge in [-0.2, -0.15) is 0 Å². The highest BCUT2D eigenvalue weighted by molar-refractivity contribution is 7.89. The predicted octanol–water partition coefficient (Wildman–Crippen LogP) is 2.19. The number of benzene rings is 2. The molecule has 1 amide bonds. The lowest BCUT2D eigenvalue weighted by Gasteiger charge is -2.15. The summed E-state index contributed by atoms with van der Waals surface area (Å²) in [4.78, 5) is 24.2. The van der Waals surface area contributed by atoms with Crippen molar-refractivity contribution >= 4 is 39.2 Å². The first-order valence-electron chi connectivity index (χ1n) is 8.12. The normalized spacial score (nSPS) is 12.0. The number of nitrogens with two attached hydrogens (primary N) is 1. The van der Waals surface area contributed by atoms with Crippen LogP contribution in [0.3, 0.4) is 0 Å². The fourth-order valence-corrected chi connectivity index (χ4v) is 3.33. The molecule has 0 aromatic heterocycles. The summed E-state index contributed by atoms with van der Waals surface area (Å²) in [6.45, 7) is 1.36. The van der Waals surface area contributed by atoms with Gasteiger partial charge in [0.2, 0.25) is 10.0 Å². The lowest BCUT2D eigenvalue weighted by atomic mass is 10.2. The number of rotatable bonds is 7. The van der Waals surface area contributed by atoms with Crippen molar-refractivity contribution in [1.82, 2.24) is 0 Å². The Morgan fingerprint density at radius 1 is 1.07 bits per heavy atom. The minimum atomic E-state index is -4.13. The molecule has 0 heterocycles. The van der Waals surface area contributed by atoms with Gasteiger partial charge in [-0.05, 0) is 25.1 Å². The number of nitrogens with one attached hydrogen (secondary N) is 1. The Morgan fingerprint density at radius 2 is 1.66 bits per heavy atom. The molecular weight excluding hydrogens is 424 g/mol. The zero-order valence-electron chi connectivity index (χ0n) is 15.8. The SMILES string of the molecule is COc1cc(NC(=O)C(C)OC(=O)c2ccc(Cl)c(S(N)(=O)=O)c2)cc(OC)c1. The van der Waals surface area contributed by atoms with E-state index in [2.05, 4.69) is 5.32 Å². The van der Waals surface area contributed by atoms with E-state index in [-0.39, 0.29) is 10.6 Å². The van der Waals surface area contributed by atoms with Gasteiger partial charge in [-0.3, -0.25) is 4.79 Å². The summed E-state index contributed by atoms with van der Waals surface area (Å²) in [6.07, 6.45) is -1.19. The van der Waals surface area contributed by atoms with E-state index >= 15 is 0 Å². The number of methoxy groups -OCH3 is 2. The summed E-state index contributed by atoms with van der Waals surface area (Å²) in [6, 6.07) is 8.20. The van der Waals surface area contributed by atoms with E-state index in [1.54, 1.807) is 18.2 Å². The predicted molar refractivity (Wildman–Crippen MR) is 106 cm³/mol. The van der Waals surface area contributed by atoms with Gasteiger partial charge in [0.1, 0.15) is 16.4 Å². The molecule has 2 aromatic rings. The molecule has 1 atom stereocenters. The van der Waals surface area contributed by atoms with E-state index in [1.165, 1.54) is 33.3 Å². The van der Waals surface area contributed by atoms with Crippen LogP contribution in [0.5, 0.6) is 11.5 Å². The number of primary sulfonamides is 1. The quantitative estimate of drug-likeness (QED) is 0.627. The summed E-state index contributed by atoms with van der Waals surface area (Å²) in [5, 5.41) is 7.50. The maximum absolute atomic E-state index is 12.4. The number of sulfonamides is 1. The first kappa shape index (κ1) is 22.5. The van der Waals surface area contributed by atoms with Crippen molar-refractivity contribution in [3.05, 3.63) is 47.0 Å². The molecule has 0 aliphatic rings. The standard InChI is InChI=1S/C18H19ClN2O7S/c1-10(17(22)21-12-7-13(26-2)9-14(8-12)27-3)28-18(23)11-4-5-15(19)16(6-11)29(20,24)25/h4-10H,1-3H3,(H,21,22)(H2,20,24,25).